The highest BCUT2D eigenvalue weighted by molar-refractivity contribution is 5.94. The summed E-state index contributed by atoms with van der Waals surface area (Å²) in [6, 6.07) is 7.97. The molecular formula is C15H21NO6. The number of ether oxygens (including phenoxy) is 3. The topological polar surface area (TPSA) is 97.2 Å². The van der Waals surface area contributed by atoms with Gasteiger partial charge in [0.2, 0.25) is 0 Å². The Hall–Kier alpha value is -1.51. The number of rotatable bonds is 5. The summed E-state index contributed by atoms with van der Waals surface area (Å²) >= 11 is 0. The van der Waals surface area contributed by atoms with Crippen molar-refractivity contribution in [2.24, 2.45) is 0 Å². The molecule has 122 valence electrons. The van der Waals surface area contributed by atoms with Crippen molar-refractivity contribution < 1.29 is 29.2 Å². The second-order valence-electron chi connectivity index (χ2n) is 5.02. The molecule has 0 unspecified atom stereocenters. The zero-order valence-electron chi connectivity index (χ0n) is 12.5. The molecule has 1 heterocycles. The Kier molecular flexibility index (Phi) is 5.87. The van der Waals surface area contributed by atoms with Gasteiger partial charge >= 0.3 is 0 Å². The van der Waals surface area contributed by atoms with Crippen LogP contribution in [0, 0.1) is 0 Å². The highest BCUT2D eigenvalue weighted by Crippen LogP contribution is 2.24. The molecule has 7 nitrogen and oxygen atoms in total. The van der Waals surface area contributed by atoms with Crippen molar-refractivity contribution in [3.63, 3.8) is 0 Å². The third-order valence-electron chi connectivity index (χ3n) is 3.69. The molecule has 0 bridgehead atoms. The maximum Gasteiger partial charge on any atom is 0.251 e. The Morgan fingerprint density at radius 2 is 1.95 bits per heavy atom. The normalized spacial score (nSPS) is 31.7. The van der Waals surface area contributed by atoms with Crippen molar-refractivity contribution >= 4 is 5.91 Å². The molecule has 22 heavy (non-hydrogen) atoms. The fourth-order valence-electron chi connectivity index (χ4n) is 2.53. The first kappa shape index (κ1) is 16.9. The molecule has 0 aliphatic carbocycles. The molecule has 1 amide bonds. The lowest BCUT2D eigenvalue weighted by atomic mass is 9.96. The van der Waals surface area contributed by atoms with Crippen LogP contribution in [0.2, 0.25) is 0 Å². The Morgan fingerprint density at radius 3 is 2.50 bits per heavy atom. The van der Waals surface area contributed by atoms with Crippen LogP contribution in [-0.4, -0.2) is 67.6 Å². The number of amides is 1. The van der Waals surface area contributed by atoms with Gasteiger partial charge in [-0.3, -0.25) is 4.79 Å². The molecule has 1 aromatic carbocycles. The smallest absolute Gasteiger partial charge is 0.251 e. The summed E-state index contributed by atoms with van der Waals surface area (Å²) in [7, 11) is 2.84. The summed E-state index contributed by atoms with van der Waals surface area (Å²) in [6.45, 7) is -0.375. The summed E-state index contributed by atoms with van der Waals surface area (Å²) < 4.78 is 16.0. The number of aliphatic hydroxyl groups is 2. The zero-order valence-corrected chi connectivity index (χ0v) is 12.5. The van der Waals surface area contributed by atoms with E-state index >= 15 is 0 Å². The number of carbonyl (C=O) groups excluding carboxylic acids is 1. The van der Waals surface area contributed by atoms with Gasteiger partial charge in [0.1, 0.15) is 24.4 Å². The number of carbonyl (C=O) groups is 1. The van der Waals surface area contributed by atoms with Gasteiger partial charge in [-0.05, 0) is 12.1 Å². The van der Waals surface area contributed by atoms with E-state index in [0.717, 1.165) is 0 Å². The molecule has 5 atom stereocenters. The predicted molar refractivity (Wildman–Crippen MR) is 77.3 cm³/mol. The molecule has 1 aliphatic heterocycles. The first-order valence-corrected chi connectivity index (χ1v) is 6.98. The average Bonchev–Trinajstić information content (AvgIpc) is 2.56. The highest BCUT2D eigenvalue weighted by atomic mass is 16.7. The van der Waals surface area contributed by atoms with E-state index in [-0.39, 0.29) is 12.5 Å². The molecule has 0 radical (unpaired) electrons. The van der Waals surface area contributed by atoms with Crippen LogP contribution in [0.5, 0.6) is 0 Å². The van der Waals surface area contributed by atoms with Crippen molar-refractivity contribution in [3.05, 3.63) is 35.9 Å². The van der Waals surface area contributed by atoms with E-state index in [4.69, 9.17) is 14.2 Å². The molecule has 3 N–H and O–H groups in total. The third-order valence-corrected chi connectivity index (χ3v) is 3.69. The SMILES string of the molecule is CO[C@@H]1O[C@H](CO)[C@H](O)[C@@H](OC)[C@@H]1NC(=O)c1ccccc1. The van der Waals surface area contributed by atoms with Crippen LogP contribution in [-0.2, 0) is 14.2 Å². The first-order valence-electron chi connectivity index (χ1n) is 6.98. The summed E-state index contributed by atoms with van der Waals surface area (Å²) in [5.74, 6) is -0.326. The molecule has 7 heteroatoms. The molecule has 1 saturated heterocycles. The minimum absolute atomic E-state index is 0.326. The van der Waals surface area contributed by atoms with Crippen LogP contribution < -0.4 is 5.32 Å². The molecule has 2 rings (SSSR count). The van der Waals surface area contributed by atoms with Crippen molar-refractivity contribution in [3.8, 4) is 0 Å². The van der Waals surface area contributed by atoms with Gasteiger partial charge in [0, 0.05) is 19.8 Å². The van der Waals surface area contributed by atoms with Gasteiger partial charge in [0.15, 0.2) is 6.29 Å². The Labute approximate surface area is 128 Å². The number of hydrogen-bond acceptors (Lipinski definition) is 6. The molecule has 0 spiro atoms. The summed E-state index contributed by atoms with van der Waals surface area (Å²) in [5.41, 5.74) is 0.478. The van der Waals surface area contributed by atoms with E-state index in [1.54, 1.807) is 24.3 Å². The van der Waals surface area contributed by atoms with E-state index in [1.165, 1.54) is 14.2 Å². The average molecular weight is 311 g/mol. The van der Waals surface area contributed by atoms with Crippen LogP contribution in [0.3, 0.4) is 0 Å². The second-order valence-corrected chi connectivity index (χ2v) is 5.02. The Morgan fingerprint density at radius 1 is 1.27 bits per heavy atom. The monoisotopic (exact) mass is 311 g/mol. The van der Waals surface area contributed by atoms with E-state index in [0.29, 0.717) is 5.56 Å². The van der Waals surface area contributed by atoms with Gasteiger partial charge in [0.25, 0.3) is 5.91 Å². The van der Waals surface area contributed by atoms with Crippen LogP contribution in [0.4, 0.5) is 0 Å². The van der Waals surface area contributed by atoms with Crippen LogP contribution in [0.15, 0.2) is 30.3 Å². The fourth-order valence-corrected chi connectivity index (χ4v) is 2.53. The van der Waals surface area contributed by atoms with Gasteiger partial charge in [-0.15, -0.1) is 0 Å². The van der Waals surface area contributed by atoms with Crippen molar-refractivity contribution in [2.75, 3.05) is 20.8 Å². The zero-order chi connectivity index (χ0) is 16.1. The van der Waals surface area contributed by atoms with Gasteiger partial charge in [-0.2, -0.15) is 0 Å². The lowest BCUT2D eigenvalue weighted by Gasteiger charge is -2.43. The third kappa shape index (κ3) is 3.45. The highest BCUT2D eigenvalue weighted by Gasteiger charge is 2.46. The Balaban J connectivity index is 2.17. The van der Waals surface area contributed by atoms with Crippen LogP contribution >= 0.6 is 0 Å². The first-order chi connectivity index (χ1) is 10.6. The second kappa shape index (κ2) is 7.66. The predicted octanol–water partition coefficient (Wildman–Crippen LogP) is -0.475. The number of methoxy groups -OCH3 is 2. The molecule has 0 aromatic heterocycles. The molecule has 1 fully saturated rings. The van der Waals surface area contributed by atoms with E-state index in [9.17, 15) is 15.0 Å². The maximum atomic E-state index is 12.3. The lowest BCUT2D eigenvalue weighted by molar-refractivity contribution is -0.265. The van der Waals surface area contributed by atoms with Crippen LogP contribution in [0.1, 0.15) is 10.4 Å². The molecular weight excluding hydrogens is 290 g/mol. The maximum absolute atomic E-state index is 12.3. The van der Waals surface area contributed by atoms with Gasteiger partial charge in [-0.1, -0.05) is 18.2 Å². The van der Waals surface area contributed by atoms with Gasteiger partial charge in [-0.25, -0.2) is 0 Å². The summed E-state index contributed by atoms with van der Waals surface area (Å²) in [6.07, 6.45) is -3.51. The minimum Gasteiger partial charge on any atom is -0.394 e. The molecule has 0 saturated carbocycles. The van der Waals surface area contributed by atoms with Crippen molar-refractivity contribution in [1.82, 2.24) is 5.32 Å². The number of hydrogen-bond donors (Lipinski definition) is 3. The van der Waals surface area contributed by atoms with Crippen molar-refractivity contribution in [1.29, 1.82) is 0 Å². The standard InChI is InChI=1S/C15H21NO6/c1-20-13-11(15(21-2)22-10(8-17)12(13)18)16-14(19)9-6-4-3-5-7-9/h3-7,10-13,15,17-18H,8H2,1-2H3,(H,16,19)/t10-,11+,12+,13+,15-/m1/s1. The lowest BCUT2D eigenvalue weighted by Crippen LogP contribution is -2.65. The van der Waals surface area contributed by atoms with Gasteiger partial charge < -0.3 is 29.7 Å². The van der Waals surface area contributed by atoms with E-state index in [1.807, 2.05) is 6.07 Å². The van der Waals surface area contributed by atoms with E-state index < -0.39 is 30.6 Å². The molecule has 1 aromatic rings. The number of aliphatic hydroxyl groups excluding tert-OH is 2. The number of nitrogens with one attached hydrogen (secondary N) is 1. The Bertz CT molecular complexity index is 482. The summed E-state index contributed by atoms with van der Waals surface area (Å²) in [4.78, 5) is 12.3. The quantitative estimate of drug-likeness (QED) is 0.680. The van der Waals surface area contributed by atoms with Crippen molar-refractivity contribution in [2.45, 2.75) is 30.6 Å². The van der Waals surface area contributed by atoms with E-state index in [2.05, 4.69) is 5.32 Å². The largest absolute Gasteiger partial charge is 0.394 e. The number of benzene rings is 1. The fraction of sp³-hybridized carbons (Fsp3) is 0.533. The van der Waals surface area contributed by atoms with Gasteiger partial charge in [0.05, 0.1) is 6.61 Å². The minimum atomic E-state index is -1.08. The summed E-state index contributed by atoms with van der Waals surface area (Å²) in [5, 5.41) is 22.2. The molecule has 1 aliphatic rings. The van der Waals surface area contributed by atoms with Crippen LogP contribution in [0.25, 0.3) is 0 Å².